The van der Waals surface area contributed by atoms with Crippen molar-refractivity contribution in [2.75, 3.05) is 17.2 Å². The first-order chi connectivity index (χ1) is 9.78. The maximum Gasteiger partial charge on any atom is 0.132 e. The molecule has 6 nitrogen and oxygen atoms in total. The van der Waals surface area contributed by atoms with Gasteiger partial charge in [-0.1, -0.05) is 6.07 Å². The molecule has 0 amide bonds. The van der Waals surface area contributed by atoms with Gasteiger partial charge in [0.05, 0.1) is 12.5 Å². The van der Waals surface area contributed by atoms with Gasteiger partial charge >= 0.3 is 0 Å². The minimum atomic E-state index is 0.446. The molecule has 20 heavy (non-hydrogen) atoms. The highest BCUT2D eigenvalue weighted by molar-refractivity contribution is 5.47. The number of anilines is 2. The van der Waals surface area contributed by atoms with E-state index in [4.69, 9.17) is 5.26 Å². The van der Waals surface area contributed by atoms with Gasteiger partial charge in [-0.05, 0) is 18.6 Å². The Morgan fingerprint density at radius 1 is 1.25 bits per heavy atom. The predicted molar refractivity (Wildman–Crippen MR) is 77.1 cm³/mol. The average molecular weight is 268 g/mol. The number of pyridine rings is 1. The van der Waals surface area contributed by atoms with Gasteiger partial charge in [0.2, 0.25) is 0 Å². The molecule has 0 aromatic carbocycles. The minimum absolute atomic E-state index is 0.446. The zero-order valence-corrected chi connectivity index (χ0v) is 11.3. The number of nitriles is 1. The molecule has 0 saturated carbocycles. The summed E-state index contributed by atoms with van der Waals surface area (Å²) in [6, 6.07) is 7.82. The molecule has 0 aliphatic rings. The van der Waals surface area contributed by atoms with Crippen molar-refractivity contribution in [3.05, 3.63) is 42.0 Å². The van der Waals surface area contributed by atoms with E-state index < -0.39 is 0 Å². The number of nitrogens with zero attached hydrogens (tertiary/aromatic N) is 4. The van der Waals surface area contributed by atoms with Crippen molar-refractivity contribution in [1.29, 1.82) is 5.26 Å². The molecule has 2 heterocycles. The van der Waals surface area contributed by atoms with Crippen LogP contribution in [0.3, 0.4) is 0 Å². The summed E-state index contributed by atoms with van der Waals surface area (Å²) >= 11 is 0. The lowest BCUT2D eigenvalue weighted by atomic mass is 10.3. The molecule has 6 heteroatoms. The van der Waals surface area contributed by atoms with Crippen LogP contribution in [-0.4, -0.2) is 21.5 Å². The van der Waals surface area contributed by atoms with Crippen LogP contribution in [0.15, 0.2) is 30.6 Å². The van der Waals surface area contributed by atoms with Crippen molar-refractivity contribution < 1.29 is 0 Å². The smallest absolute Gasteiger partial charge is 0.132 e. The minimum Gasteiger partial charge on any atom is -0.369 e. The van der Waals surface area contributed by atoms with Crippen LogP contribution in [0.25, 0.3) is 0 Å². The zero-order chi connectivity index (χ0) is 14.2. The van der Waals surface area contributed by atoms with Crippen LogP contribution in [0.5, 0.6) is 0 Å². The molecule has 2 aromatic heterocycles. The van der Waals surface area contributed by atoms with Crippen LogP contribution in [0.1, 0.15) is 17.8 Å². The second-order valence-corrected chi connectivity index (χ2v) is 4.24. The number of hydrogen-bond donors (Lipinski definition) is 2. The summed E-state index contributed by atoms with van der Waals surface area (Å²) in [5.74, 6) is 2.16. The van der Waals surface area contributed by atoms with Crippen molar-refractivity contribution >= 4 is 11.6 Å². The highest BCUT2D eigenvalue weighted by atomic mass is 15.1. The van der Waals surface area contributed by atoms with Crippen molar-refractivity contribution in [2.45, 2.75) is 19.9 Å². The normalized spacial score (nSPS) is 9.80. The Labute approximate surface area is 117 Å². The summed E-state index contributed by atoms with van der Waals surface area (Å²) in [7, 11) is 0. The Bertz CT molecular complexity index is 590. The molecule has 0 bridgehead atoms. The van der Waals surface area contributed by atoms with E-state index in [9.17, 15) is 0 Å². The third kappa shape index (κ3) is 4.21. The highest BCUT2D eigenvalue weighted by Gasteiger charge is 2.01. The quantitative estimate of drug-likeness (QED) is 0.780. The van der Waals surface area contributed by atoms with E-state index in [-0.39, 0.29) is 0 Å². The fraction of sp³-hybridized carbons (Fsp3) is 0.286. The van der Waals surface area contributed by atoms with Gasteiger partial charge in [0.15, 0.2) is 0 Å². The summed E-state index contributed by atoms with van der Waals surface area (Å²) in [5, 5.41) is 14.9. The third-order valence-electron chi connectivity index (χ3n) is 2.58. The zero-order valence-electron chi connectivity index (χ0n) is 11.3. The lowest BCUT2D eigenvalue weighted by Crippen LogP contribution is -2.07. The van der Waals surface area contributed by atoms with Gasteiger partial charge in [-0.25, -0.2) is 9.97 Å². The van der Waals surface area contributed by atoms with Gasteiger partial charge in [0, 0.05) is 31.5 Å². The van der Waals surface area contributed by atoms with E-state index >= 15 is 0 Å². The second kappa shape index (κ2) is 7.04. The Kier molecular flexibility index (Phi) is 4.84. The van der Waals surface area contributed by atoms with Gasteiger partial charge in [0.1, 0.15) is 17.5 Å². The summed E-state index contributed by atoms with van der Waals surface area (Å²) < 4.78 is 0. The van der Waals surface area contributed by atoms with Gasteiger partial charge in [0.25, 0.3) is 0 Å². The summed E-state index contributed by atoms with van der Waals surface area (Å²) in [5.41, 5.74) is 1.09. The number of rotatable bonds is 6. The lowest BCUT2D eigenvalue weighted by molar-refractivity contribution is 0.992. The molecular formula is C14H16N6. The SMILES string of the molecule is Cc1nc(NCCC#N)cc(NCc2cccnc2)n1. The van der Waals surface area contributed by atoms with Crippen LogP contribution in [-0.2, 0) is 6.54 Å². The first kappa shape index (κ1) is 13.7. The molecule has 0 fully saturated rings. The summed E-state index contributed by atoms with van der Waals surface area (Å²) in [6.07, 6.45) is 4.00. The van der Waals surface area contributed by atoms with E-state index in [2.05, 4.69) is 31.7 Å². The van der Waals surface area contributed by atoms with Crippen LogP contribution in [0.4, 0.5) is 11.6 Å². The first-order valence-electron chi connectivity index (χ1n) is 6.37. The topological polar surface area (TPSA) is 86.5 Å². The van der Waals surface area contributed by atoms with E-state index in [1.807, 2.05) is 31.3 Å². The third-order valence-corrected chi connectivity index (χ3v) is 2.58. The maximum atomic E-state index is 8.52. The van der Waals surface area contributed by atoms with Crippen LogP contribution >= 0.6 is 0 Å². The van der Waals surface area contributed by atoms with Crippen molar-refractivity contribution in [3.8, 4) is 6.07 Å². The van der Waals surface area contributed by atoms with E-state index in [1.165, 1.54) is 0 Å². The summed E-state index contributed by atoms with van der Waals surface area (Å²) in [6.45, 7) is 3.07. The fourth-order valence-electron chi connectivity index (χ4n) is 1.69. The molecule has 0 atom stereocenters. The molecule has 0 aliphatic carbocycles. The number of aromatic nitrogens is 3. The van der Waals surface area contributed by atoms with Crippen molar-refractivity contribution in [2.24, 2.45) is 0 Å². The standard InChI is InChI=1S/C14H16N6/c1-11-19-13(17-7-3-5-15)8-14(20-11)18-10-12-4-2-6-16-9-12/h2,4,6,8-9H,3,7,10H2,1H3,(H2,17,18,19,20). The molecule has 0 aliphatic heterocycles. The Hall–Kier alpha value is -2.68. The van der Waals surface area contributed by atoms with E-state index in [1.54, 1.807) is 6.20 Å². The summed E-state index contributed by atoms with van der Waals surface area (Å²) in [4.78, 5) is 12.7. The average Bonchev–Trinajstić information content (AvgIpc) is 2.46. The Balaban J connectivity index is 1.99. The molecule has 0 saturated heterocycles. The Morgan fingerprint density at radius 3 is 2.75 bits per heavy atom. The van der Waals surface area contributed by atoms with E-state index in [0.29, 0.717) is 25.3 Å². The van der Waals surface area contributed by atoms with Crippen LogP contribution < -0.4 is 10.6 Å². The largest absolute Gasteiger partial charge is 0.369 e. The first-order valence-corrected chi connectivity index (χ1v) is 6.37. The molecule has 0 radical (unpaired) electrons. The van der Waals surface area contributed by atoms with Gasteiger partial charge in [-0.3, -0.25) is 4.98 Å². The molecule has 0 spiro atoms. The second-order valence-electron chi connectivity index (χ2n) is 4.24. The van der Waals surface area contributed by atoms with E-state index in [0.717, 1.165) is 17.2 Å². The molecule has 2 N–H and O–H groups in total. The molecular weight excluding hydrogens is 252 g/mol. The highest BCUT2D eigenvalue weighted by Crippen LogP contribution is 2.12. The predicted octanol–water partition coefficient (Wildman–Crippen LogP) is 2.12. The van der Waals surface area contributed by atoms with Gasteiger partial charge in [-0.15, -0.1) is 0 Å². The number of hydrogen-bond acceptors (Lipinski definition) is 6. The Morgan fingerprint density at radius 2 is 2.05 bits per heavy atom. The molecule has 2 rings (SSSR count). The van der Waals surface area contributed by atoms with Gasteiger partial charge < -0.3 is 10.6 Å². The number of aryl methyl sites for hydroxylation is 1. The lowest BCUT2D eigenvalue weighted by Gasteiger charge is -2.09. The van der Waals surface area contributed by atoms with Crippen molar-refractivity contribution in [1.82, 2.24) is 15.0 Å². The molecule has 102 valence electrons. The number of nitrogens with one attached hydrogen (secondary N) is 2. The fourth-order valence-corrected chi connectivity index (χ4v) is 1.69. The molecule has 0 unspecified atom stereocenters. The maximum absolute atomic E-state index is 8.52. The van der Waals surface area contributed by atoms with Crippen LogP contribution in [0.2, 0.25) is 0 Å². The van der Waals surface area contributed by atoms with Gasteiger partial charge in [-0.2, -0.15) is 5.26 Å². The van der Waals surface area contributed by atoms with Crippen LogP contribution in [0, 0.1) is 18.3 Å². The monoisotopic (exact) mass is 268 g/mol. The van der Waals surface area contributed by atoms with Crippen molar-refractivity contribution in [3.63, 3.8) is 0 Å². The molecule has 2 aromatic rings.